The van der Waals surface area contributed by atoms with Gasteiger partial charge < -0.3 is 16.8 Å². The lowest BCUT2D eigenvalue weighted by atomic mass is 10.00. The van der Waals surface area contributed by atoms with E-state index in [0.29, 0.717) is 17.8 Å². The second-order valence-corrected chi connectivity index (χ2v) is 7.35. The summed E-state index contributed by atoms with van der Waals surface area (Å²) in [6.45, 7) is 1.80. The van der Waals surface area contributed by atoms with E-state index in [4.69, 9.17) is 11.5 Å². The molecule has 1 aliphatic heterocycles. The molecule has 1 heterocycles. The van der Waals surface area contributed by atoms with Crippen LogP contribution in [0.3, 0.4) is 0 Å². The summed E-state index contributed by atoms with van der Waals surface area (Å²) in [6.07, 6.45) is 0.474. The number of nitrogens with two attached hydrogens (primary N) is 2. The molecule has 0 aromatic heterocycles. The standard InChI is InChI=1S/C12H17N3O3S/c1-12(5-6-19(17,18)7-12)15-10-8(11(14)16)3-2-4-9(10)13/h2-4,15H,5-7,13H2,1H3,(H2,14,16). The van der Waals surface area contributed by atoms with Crippen molar-refractivity contribution in [3.63, 3.8) is 0 Å². The van der Waals surface area contributed by atoms with Gasteiger partial charge in [0.2, 0.25) is 0 Å². The van der Waals surface area contributed by atoms with Crippen molar-refractivity contribution < 1.29 is 13.2 Å². The Kier molecular flexibility index (Phi) is 3.17. The van der Waals surface area contributed by atoms with E-state index in [9.17, 15) is 13.2 Å². The molecule has 6 nitrogen and oxygen atoms in total. The van der Waals surface area contributed by atoms with Gasteiger partial charge >= 0.3 is 0 Å². The van der Waals surface area contributed by atoms with Gasteiger partial charge in [-0.1, -0.05) is 6.07 Å². The van der Waals surface area contributed by atoms with Gasteiger partial charge in [0.05, 0.1) is 28.4 Å². The predicted molar refractivity (Wildman–Crippen MR) is 74.7 cm³/mol. The largest absolute Gasteiger partial charge is 0.397 e. The molecule has 2 rings (SSSR count). The summed E-state index contributed by atoms with van der Waals surface area (Å²) < 4.78 is 23.2. The number of sulfone groups is 1. The maximum absolute atomic E-state index is 11.6. The summed E-state index contributed by atoms with van der Waals surface area (Å²) in [6, 6.07) is 4.84. The number of primary amides is 1. The minimum Gasteiger partial charge on any atom is -0.397 e. The van der Waals surface area contributed by atoms with Crippen molar-refractivity contribution >= 4 is 27.1 Å². The molecular weight excluding hydrogens is 266 g/mol. The number of nitrogen functional groups attached to an aromatic ring is 1. The first-order valence-electron chi connectivity index (χ1n) is 5.89. The number of anilines is 2. The van der Waals surface area contributed by atoms with Crippen molar-refractivity contribution in [2.45, 2.75) is 18.9 Å². The van der Waals surface area contributed by atoms with E-state index < -0.39 is 21.3 Å². The highest BCUT2D eigenvalue weighted by atomic mass is 32.2. The van der Waals surface area contributed by atoms with E-state index in [-0.39, 0.29) is 17.1 Å². The zero-order valence-electron chi connectivity index (χ0n) is 10.6. The topological polar surface area (TPSA) is 115 Å². The van der Waals surface area contributed by atoms with Crippen LogP contribution < -0.4 is 16.8 Å². The smallest absolute Gasteiger partial charge is 0.250 e. The number of para-hydroxylation sites is 1. The maximum atomic E-state index is 11.6. The summed E-state index contributed by atoms with van der Waals surface area (Å²) in [5.41, 5.74) is 11.6. The lowest BCUT2D eigenvalue weighted by Gasteiger charge is -2.27. The summed E-state index contributed by atoms with van der Waals surface area (Å²) in [4.78, 5) is 11.4. The fraction of sp³-hybridized carbons (Fsp3) is 0.417. The lowest BCUT2D eigenvalue weighted by Crippen LogP contribution is -2.37. The normalized spacial score (nSPS) is 25.1. The Morgan fingerprint density at radius 2 is 2.11 bits per heavy atom. The number of amides is 1. The Hall–Kier alpha value is -1.76. The molecule has 0 spiro atoms. The molecule has 0 saturated carbocycles. The summed E-state index contributed by atoms with van der Waals surface area (Å²) in [5, 5.41) is 3.09. The van der Waals surface area contributed by atoms with Crippen LogP contribution in [0.1, 0.15) is 23.7 Å². The number of hydrogen-bond donors (Lipinski definition) is 3. The molecule has 1 amide bonds. The average Bonchev–Trinajstić information content (AvgIpc) is 2.56. The van der Waals surface area contributed by atoms with Crippen LogP contribution in [0.25, 0.3) is 0 Å². The highest BCUT2D eigenvalue weighted by molar-refractivity contribution is 7.91. The molecule has 7 heteroatoms. The molecule has 1 unspecified atom stereocenters. The van der Waals surface area contributed by atoms with Gasteiger partial charge in [0.25, 0.3) is 5.91 Å². The van der Waals surface area contributed by atoms with E-state index in [1.54, 1.807) is 25.1 Å². The van der Waals surface area contributed by atoms with Crippen molar-refractivity contribution in [1.29, 1.82) is 0 Å². The number of rotatable bonds is 3. The van der Waals surface area contributed by atoms with Crippen LogP contribution in [0, 0.1) is 0 Å². The van der Waals surface area contributed by atoms with Gasteiger partial charge in [-0.25, -0.2) is 8.42 Å². The molecule has 1 aromatic carbocycles. The van der Waals surface area contributed by atoms with Crippen molar-refractivity contribution in [1.82, 2.24) is 0 Å². The molecule has 104 valence electrons. The molecule has 1 atom stereocenters. The van der Waals surface area contributed by atoms with Crippen LogP contribution in [0.15, 0.2) is 18.2 Å². The summed E-state index contributed by atoms with van der Waals surface area (Å²) in [5.74, 6) is -0.443. The number of carbonyl (C=O) groups is 1. The van der Waals surface area contributed by atoms with E-state index in [1.165, 1.54) is 0 Å². The van der Waals surface area contributed by atoms with Gasteiger partial charge in [0.15, 0.2) is 9.84 Å². The van der Waals surface area contributed by atoms with Crippen LogP contribution in [-0.2, 0) is 9.84 Å². The van der Waals surface area contributed by atoms with Crippen molar-refractivity contribution in [3.8, 4) is 0 Å². The Morgan fingerprint density at radius 1 is 1.42 bits per heavy atom. The average molecular weight is 283 g/mol. The van der Waals surface area contributed by atoms with E-state index in [0.717, 1.165) is 0 Å². The van der Waals surface area contributed by atoms with E-state index in [1.807, 2.05) is 0 Å². The van der Waals surface area contributed by atoms with Crippen LogP contribution in [0.5, 0.6) is 0 Å². The van der Waals surface area contributed by atoms with Crippen molar-refractivity contribution in [3.05, 3.63) is 23.8 Å². The van der Waals surface area contributed by atoms with Crippen LogP contribution in [0.2, 0.25) is 0 Å². The van der Waals surface area contributed by atoms with Crippen LogP contribution in [-0.4, -0.2) is 31.4 Å². The molecule has 0 bridgehead atoms. The monoisotopic (exact) mass is 283 g/mol. The van der Waals surface area contributed by atoms with Gasteiger partial charge in [0, 0.05) is 5.54 Å². The molecular formula is C12H17N3O3S. The minimum absolute atomic E-state index is 0.0204. The Balaban J connectivity index is 2.37. The van der Waals surface area contributed by atoms with Crippen molar-refractivity contribution in [2.75, 3.05) is 22.6 Å². The first kappa shape index (κ1) is 13.7. The molecule has 0 radical (unpaired) electrons. The fourth-order valence-electron chi connectivity index (χ4n) is 2.33. The minimum atomic E-state index is -3.04. The fourth-order valence-corrected chi connectivity index (χ4v) is 4.42. The Bertz CT molecular complexity index is 627. The first-order chi connectivity index (χ1) is 8.72. The summed E-state index contributed by atoms with van der Waals surface area (Å²) in [7, 11) is -3.04. The van der Waals surface area contributed by atoms with Crippen LogP contribution in [0.4, 0.5) is 11.4 Å². The lowest BCUT2D eigenvalue weighted by molar-refractivity contribution is 0.100. The van der Waals surface area contributed by atoms with Crippen molar-refractivity contribution in [2.24, 2.45) is 5.73 Å². The van der Waals surface area contributed by atoms with Gasteiger partial charge in [-0.05, 0) is 25.5 Å². The number of carbonyl (C=O) groups excluding carboxylic acids is 1. The van der Waals surface area contributed by atoms with E-state index >= 15 is 0 Å². The highest BCUT2D eigenvalue weighted by Crippen LogP contribution is 2.32. The molecule has 1 aliphatic rings. The molecule has 19 heavy (non-hydrogen) atoms. The first-order valence-corrected chi connectivity index (χ1v) is 7.71. The molecule has 0 aliphatic carbocycles. The quantitative estimate of drug-likeness (QED) is 0.693. The number of hydrogen-bond acceptors (Lipinski definition) is 5. The van der Waals surface area contributed by atoms with Gasteiger partial charge in [0.1, 0.15) is 0 Å². The third-order valence-corrected chi connectivity index (χ3v) is 5.20. The van der Waals surface area contributed by atoms with Gasteiger partial charge in [-0.15, -0.1) is 0 Å². The Labute approximate surface area is 112 Å². The van der Waals surface area contributed by atoms with Gasteiger partial charge in [-0.2, -0.15) is 0 Å². The van der Waals surface area contributed by atoms with E-state index in [2.05, 4.69) is 5.32 Å². The molecule has 5 N–H and O–H groups in total. The zero-order chi connectivity index (χ0) is 14.3. The number of benzene rings is 1. The second-order valence-electron chi connectivity index (χ2n) is 5.16. The Morgan fingerprint density at radius 3 is 2.63 bits per heavy atom. The van der Waals surface area contributed by atoms with Gasteiger partial charge in [-0.3, -0.25) is 4.79 Å². The molecule has 1 fully saturated rings. The second kappa shape index (κ2) is 4.41. The maximum Gasteiger partial charge on any atom is 0.250 e. The third-order valence-electron chi connectivity index (χ3n) is 3.29. The third kappa shape index (κ3) is 2.81. The molecule has 1 aromatic rings. The SMILES string of the molecule is CC1(Nc2c(N)cccc2C(N)=O)CCS(=O)(=O)C1. The predicted octanol–water partition coefficient (Wildman–Crippen LogP) is 0.357. The van der Waals surface area contributed by atoms with Crippen LogP contribution >= 0.6 is 0 Å². The number of nitrogens with one attached hydrogen (secondary N) is 1. The zero-order valence-corrected chi connectivity index (χ0v) is 11.5. The molecule has 1 saturated heterocycles. The highest BCUT2D eigenvalue weighted by Gasteiger charge is 2.39. The summed E-state index contributed by atoms with van der Waals surface area (Å²) >= 11 is 0.